The molecule has 2 aromatic rings. The number of aromatic nitrogens is 2. The number of carbonyl (C=O) groups excluding carboxylic acids is 1. The number of hydrogen-bond donors (Lipinski definition) is 1. The summed E-state index contributed by atoms with van der Waals surface area (Å²) in [5.74, 6) is 1.30. The van der Waals surface area contributed by atoms with E-state index in [9.17, 15) is 4.79 Å². The van der Waals surface area contributed by atoms with E-state index in [0.29, 0.717) is 18.1 Å². The number of amides is 1. The fourth-order valence-corrected chi connectivity index (χ4v) is 3.20. The molecule has 0 saturated carbocycles. The zero-order valence-corrected chi connectivity index (χ0v) is 14.6. The fourth-order valence-electron chi connectivity index (χ4n) is 3.20. The quantitative estimate of drug-likeness (QED) is 0.916. The smallest absolute Gasteiger partial charge is 0.255 e. The molecular weight excluding hydrogens is 302 g/mol. The van der Waals surface area contributed by atoms with Gasteiger partial charge in [-0.15, -0.1) is 0 Å². The van der Waals surface area contributed by atoms with E-state index < -0.39 is 0 Å². The Balaban J connectivity index is 1.80. The average Bonchev–Trinajstić information content (AvgIpc) is 2.97. The monoisotopic (exact) mass is 327 g/mol. The van der Waals surface area contributed by atoms with Crippen LogP contribution in [0, 0.1) is 5.92 Å². The number of carbonyl (C=O) groups is 1. The van der Waals surface area contributed by atoms with E-state index in [1.807, 2.05) is 28.9 Å². The lowest BCUT2D eigenvalue weighted by Crippen LogP contribution is -2.32. The molecule has 0 bridgehead atoms. The fraction of sp³-hybridized carbons (Fsp3) is 0.474. The van der Waals surface area contributed by atoms with Crippen LogP contribution in [-0.2, 0) is 13.0 Å². The van der Waals surface area contributed by atoms with Gasteiger partial charge in [0, 0.05) is 18.5 Å². The van der Waals surface area contributed by atoms with E-state index in [0.717, 1.165) is 36.4 Å². The van der Waals surface area contributed by atoms with Gasteiger partial charge in [0.25, 0.3) is 5.91 Å². The summed E-state index contributed by atoms with van der Waals surface area (Å²) < 4.78 is 7.62. The zero-order chi connectivity index (χ0) is 17.1. The summed E-state index contributed by atoms with van der Waals surface area (Å²) in [7, 11) is 0. The van der Waals surface area contributed by atoms with Crippen molar-refractivity contribution in [3.63, 3.8) is 0 Å². The molecule has 1 aliphatic heterocycles. The number of nitrogens with zero attached hydrogens (tertiary/aromatic N) is 2. The van der Waals surface area contributed by atoms with Crippen molar-refractivity contribution in [2.45, 2.75) is 46.2 Å². The molecule has 24 heavy (non-hydrogen) atoms. The third-order valence-corrected chi connectivity index (χ3v) is 4.33. The van der Waals surface area contributed by atoms with Crippen molar-refractivity contribution in [3.8, 4) is 5.75 Å². The molecule has 1 aliphatic rings. The van der Waals surface area contributed by atoms with E-state index in [1.54, 1.807) is 6.20 Å². The van der Waals surface area contributed by atoms with Crippen LogP contribution in [0.15, 0.2) is 30.5 Å². The Hall–Kier alpha value is -2.30. The largest absolute Gasteiger partial charge is 0.493 e. The van der Waals surface area contributed by atoms with Gasteiger partial charge in [-0.3, -0.25) is 9.48 Å². The Labute approximate surface area is 143 Å². The van der Waals surface area contributed by atoms with Crippen molar-refractivity contribution in [1.29, 1.82) is 0 Å². The molecule has 3 rings (SSSR count). The van der Waals surface area contributed by atoms with Crippen LogP contribution in [0.3, 0.4) is 0 Å². The van der Waals surface area contributed by atoms with Crippen LogP contribution in [0.5, 0.6) is 5.75 Å². The summed E-state index contributed by atoms with van der Waals surface area (Å²) in [5, 5.41) is 7.58. The highest BCUT2D eigenvalue weighted by atomic mass is 16.5. The first kappa shape index (κ1) is 16.6. The molecule has 1 aromatic carbocycles. The van der Waals surface area contributed by atoms with Crippen LogP contribution in [-0.4, -0.2) is 22.3 Å². The number of fused-ring (bicyclic) bond motifs is 1. The van der Waals surface area contributed by atoms with Gasteiger partial charge < -0.3 is 10.1 Å². The molecule has 0 aliphatic carbocycles. The van der Waals surface area contributed by atoms with Gasteiger partial charge >= 0.3 is 0 Å². The standard InChI is InChI=1S/C19H25N3O2/c1-4-17-15(11-20-22(17)12-13(2)3)19(23)21-16-9-10-24-18-8-6-5-7-14(16)18/h5-8,11,13,16H,4,9-10,12H2,1-3H3,(H,21,23). The molecule has 2 heterocycles. The van der Waals surface area contributed by atoms with E-state index in [1.165, 1.54) is 0 Å². The van der Waals surface area contributed by atoms with Gasteiger partial charge in [0.1, 0.15) is 5.75 Å². The summed E-state index contributed by atoms with van der Waals surface area (Å²) in [6.45, 7) is 7.82. The predicted octanol–water partition coefficient (Wildman–Crippen LogP) is 3.36. The minimum Gasteiger partial charge on any atom is -0.493 e. The molecule has 5 heteroatoms. The summed E-state index contributed by atoms with van der Waals surface area (Å²) in [6.07, 6.45) is 3.27. The van der Waals surface area contributed by atoms with Gasteiger partial charge in [-0.05, 0) is 18.4 Å². The number of benzene rings is 1. The van der Waals surface area contributed by atoms with Gasteiger partial charge in [0.15, 0.2) is 0 Å². The Morgan fingerprint density at radius 3 is 2.96 bits per heavy atom. The third kappa shape index (κ3) is 3.30. The summed E-state index contributed by atoms with van der Waals surface area (Å²) in [4.78, 5) is 12.8. The lowest BCUT2D eigenvalue weighted by molar-refractivity contribution is 0.0923. The van der Waals surface area contributed by atoms with Crippen molar-refractivity contribution in [1.82, 2.24) is 15.1 Å². The molecule has 5 nitrogen and oxygen atoms in total. The lowest BCUT2D eigenvalue weighted by atomic mass is 10.00. The van der Waals surface area contributed by atoms with E-state index >= 15 is 0 Å². The molecule has 0 fully saturated rings. The molecule has 1 atom stereocenters. The molecule has 128 valence electrons. The first-order valence-electron chi connectivity index (χ1n) is 8.67. The van der Waals surface area contributed by atoms with Gasteiger partial charge in [0.05, 0.1) is 30.1 Å². The average molecular weight is 327 g/mol. The molecular formula is C19H25N3O2. The minimum absolute atomic E-state index is 0.0133. The van der Waals surface area contributed by atoms with Crippen molar-refractivity contribution >= 4 is 5.91 Å². The van der Waals surface area contributed by atoms with Crippen LogP contribution >= 0.6 is 0 Å². The van der Waals surface area contributed by atoms with E-state index in [4.69, 9.17) is 4.74 Å². The highest BCUT2D eigenvalue weighted by Crippen LogP contribution is 2.31. The summed E-state index contributed by atoms with van der Waals surface area (Å²) in [6, 6.07) is 7.88. The van der Waals surface area contributed by atoms with Crippen LogP contribution in [0.25, 0.3) is 0 Å². The maximum atomic E-state index is 12.8. The first-order chi connectivity index (χ1) is 11.6. The predicted molar refractivity (Wildman–Crippen MR) is 93.2 cm³/mol. The second-order valence-electron chi connectivity index (χ2n) is 6.64. The van der Waals surface area contributed by atoms with Crippen molar-refractivity contribution in [3.05, 3.63) is 47.3 Å². The zero-order valence-electron chi connectivity index (χ0n) is 14.6. The Morgan fingerprint density at radius 1 is 1.42 bits per heavy atom. The summed E-state index contributed by atoms with van der Waals surface area (Å²) in [5.41, 5.74) is 2.73. The number of ether oxygens (including phenoxy) is 1. The number of para-hydroxylation sites is 1. The molecule has 1 unspecified atom stereocenters. The maximum absolute atomic E-state index is 12.8. The molecule has 0 saturated heterocycles. The summed E-state index contributed by atoms with van der Waals surface area (Å²) >= 11 is 0. The number of nitrogens with one attached hydrogen (secondary N) is 1. The van der Waals surface area contributed by atoms with Crippen LogP contribution in [0.2, 0.25) is 0 Å². The number of hydrogen-bond acceptors (Lipinski definition) is 3. The van der Waals surface area contributed by atoms with Crippen LogP contribution in [0.1, 0.15) is 54.8 Å². The van der Waals surface area contributed by atoms with Crippen LogP contribution in [0.4, 0.5) is 0 Å². The lowest BCUT2D eigenvalue weighted by Gasteiger charge is -2.26. The molecule has 0 spiro atoms. The molecule has 1 amide bonds. The molecule has 1 N–H and O–H groups in total. The van der Waals surface area contributed by atoms with Crippen molar-refractivity contribution in [2.75, 3.05) is 6.61 Å². The third-order valence-electron chi connectivity index (χ3n) is 4.33. The Kier molecular flexibility index (Phi) is 4.88. The second-order valence-corrected chi connectivity index (χ2v) is 6.64. The molecule has 0 radical (unpaired) electrons. The first-order valence-corrected chi connectivity index (χ1v) is 8.67. The van der Waals surface area contributed by atoms with Crippen LogP contribution < -0.4 is 10.1 Å². The second kappa shape index (κ2) is 7.07. The number of rotatable bonds is 5. The SMILES string of the molecule is CCc1c(C(=O)NC2CCOc3ccccc32)cnn1CC(C)C. The Morgan fingerprint density at radius 2 is 2.21 bits per heavy atom. The highest BCUT2D eigenvalue weighted by molar-refractivity contribution is 5.95. The normalized spacial score (nSPS) is 16.6. The topological polar surface area (TPSA) is 56.1 Å². The highest BCUT2D eigenvalue weighted by Gasteiger charge is 2.25. The van der Waals surface area contributed by atoms with Gasteiger partial charge in [0.2, 0.25) is 0 Å². The maximum Gasteiger partial charge on any atom is 0.255 e. The van der Waals surface area contributed by atoms with E-state index in [-0.39, 0.29) is 11.9 Å². The minimum atomic E-state index is -0.0523. The van der Waals surface area contributed by atoms with Crippen molar-refractivity contribution < 1.29 is 9.53 Å². The Bertz CT molecular complexity index is 721. The van der Waals surface area contributed by atoms with Gasteiger partial charge in [-0.2, -0.15) is 5.10 Å². The van der Waals surface area contributed by atoms with Crippen molar-refractivity contribution in [2.24, 2.45) is 5.92 Å². The van der Waals surface area contributed by atoms with Gasteiger partial charge in [-0.1, -0.05) is 39.0 Å². The van der Waals surface area contributed by atoms with Gasteiger partial charge in [-0.25, -0.2) is 0 Å². The molecule has 1 aromatic heterocycles. The van der Waals surface area contributed by atoms with E-state index in [2.05, 4.69) is 31.2 Å².